The summed E-state index contributed by atoms with van der Waals surface area (Å²) in [4.78, 5) is 15.1. The maximum atomic E-state index is 12.7. The molecule has 3 heterocycles. The van der Waals surface area contributed by atoms with Crippen molar-refractivity contribution in [1.29, 1.82) is 0 Å². The molecule has 2 aliphatic heterocycles. The Kier molecular flexibility index (Phi) is 5.63. The highest BCUT2D eigenvalue weighted by Gasteiger charge is 2.48. The summed E-state index contributed by atoms with van der Waals surface area (Å²) in [6.07, 6.45) is 5.29. The van der Waals surface area contributed by atoms with E-state index in [9.17, 15) is 13.2 Å². The lowest BCUT2D eigenvalue weighted by molar-refractivity contribution is 0.153. The molecule has 0 unspecified atom stereocenters. The minimum Gasteiger partial charge on any atom is -0.486 e. The Hall–Kier alpha value is -2.16. The molecular weight excluding hydrogens is 428 g/mol. The van der Waals surface area contributed by atoms with Gasteiger partial charge in [0.15, 0.2) is 0 Å². The third-order valence-corrected chi connectivity index (χ3v) is 8.54. The van der Waals surface area contributed by atoms with E-state index in [1.54, 1.807) is 6.07 Å². The molecule has 5 rings (SSSR count). The molecule has 2 aromatic rings. The Bertz CT molecular complexity index is 1150. The van der Waals surface area contributed by atoms with Crippen molar-refractivity contribution >= 4 is 10.0 Å². The number of ether oxygens (including phenoxy) is 1. The van der Waals surface area contributed by atoms with Crippen LogP contribution in [0.25, 0.3) is 0 Å². The predicted octanol–water partition coefficient (Wildman–Crippen LogP) is 3.12. The molecule has 0 radical (unpaired) electrons. The molecule has 1 saturated heterocycles. The Balaban J connectivity index is 1.20. The molecule has 0 amide bonds. The zero-order valence-corrected chi connectivity index (χ0v) is 19.4. The number of hydrogen-bond acceptors (Lipinski definition) is 6. The number of hydrogen-bond donors (Lipinski definition) is 0. The Morgan fingerprint density at radius 2 is 1.97 bits per heavy atom. The molecule has 1 aromatic heterocycles. The van der Waals surface area contributed by atoms with Crippen LogP contribution in [0.15, 0.2) is 45.8 Å². The number of piperidine rings is 1. The highest BCUT2D eigenvalue weighted by atomic mass is 32.2. The van der Waals surface area contributed by atoms with Crippen LogP contribution in [-0.4, -0.2) is 49.6 Å². The van der Waals surface area contributed by atoms with Gasteiger partial charge in [0.2, 0.25) is 21.2 Å². The van der Waals surface area contributed by atoms with Gasteiger partial charge < -0.3 is 9.15 Å². The number of rotatable bonds is 6. The number of fused-ring (bicyclic) bond motifs is 3. The van der Waals surface area contributed by atoms with Crippen molar-refractivity contribution in [3.63, 3.8) is 0 Å². The third-order valence-electron chi connectivity index (χ3n) is 7.23. The summed E-state index contributed by atoms with van der Waals surface area (Å²) >= 11 is 0. The molecule has 2 fully saturated rings. The quantitative estimate of drug-likeness (QED) is 0.662. The highest BCUT2D eigenvalue weighted by Crippen LogP contribution is 2.52. The van der Waals surface area contributed by atoms with Gasteiger partial charge in [0.05, 0.1) is 18.9 Å². The average Bonchev–Trinajstić information content (AvgIpc) is 3.58. The highest BCUT2D eigenvalue weighted by molar-refractivity contribution is 7.88. The fourth-order valence-corrected chi connectivity index (χ4v) is 6.05. The number of nitrogens with zero attached hydrogens (tertiary/aromatic N) is 2. The van der Waals surface area contributed by atoms with Crippen molar-refractivity contribution in [2.24, 2.45) is 5.92 Å². The fraction of sp³-hybridized carbons (Fsp3) is 0.542. The summed E-state index contributed by atoms with van der Waals surface area (Å²) in [6, 6.07) is 10.7. The molecule has 3 aliphatic rings. The summed E-state index contributed by atoms with van der Waals surface area (Å²) in [5.74, 6) is 1.70. The zero-order valence-electron chi connectivity index (χ0n) is 18.6. The second-order valence-electron chi connectivity index (χ2n) is 9.38. The van der Waals surface area contributed by atoms with E-state index in [1.165, 1.54) is 28.0 Å². The fourth-order valence-electron chi connectivity index (χ4n) is 5.18. The Labute approximate surface area is 189 Å². The van der Waals surface area contributed by atoms with Crippen molar-refractivity contribution in [1.82, 2.24) is 9.21 Å². The maximum absolute atomic E-state index is 12.7. The monoisotopic (exact) mass is 458 g/mol. The van der Waals surface area contributed by atoms with Crippen LogP contribution in [0.1, 0.15) is 55.0 Å². The summed E-state index contributed by atoms with van der Waals surface area (Å²) in [5.41, 5.74) is 2.66. The van der Waals surface area contributed by atoms with E-state index in [-0.39, 0.29) is 23.1 Å². The van der Waals surface area contributed by atoms with Crippen molar-refractivity contribution < 1.29 is 17.6 Å². The van der Waals surface area contributed by atoms with Crippen LogP contribution < -0.4 is 10.2 Å². The van der Waals surface area contributed by atoms with Gasteiger partial charge in [0.1, 0.15) is 12.0 Å². The van der Waals surface area contributed by atoms with Gasteiger partial charge in [0, 0.05) is 37.7 Å². The van der Waals surface area contributed by atoms with Gasteiger partial charge in [-0.05, 0) is 43.2 Å². The molecule has 172 valence electrons. The third kappa shape index (κ3) is 4.23. The standard InChI is InChI=1S/C24H30N2O5S/c1-16(26-13-18-5-3-4-6-19(18)20-11-21(20)26)23-12-22(27)24(15-31-23)30-14-17-7-9-25(10-8-17)32(2,28)29/h3-6,12,15-17,20-21H,7-11,13-14H2,1-2H3/t16-,20-,21-/m1/s1. The second kappa shape index (κ2) is 8.32. The van der Waals surface area contributed by atoms with Gasteiger partial charge in [-0.25, -0.2) is 12.7 Å². The van der Waals surface area contributed by atoms with E-state index in [0.29, 0.717) is 37.4 Å². The first-order valence-electron chi connectivity index (χ1n) is 11.4. The van der Waals surface area contributed by atoms with E-state index >= 15 is 0 Å². The molecule has 32 heavy (non-hydrogen) atoms. The minimum absolute atomic E-state index is 0.0143. The smallest absolute Gasteiger partial charge is 0.227 e. The van der Waals surface area contributed by atoms with E-state index in [1.807, 2.05) is 0 Å². The summed E-state index contributed by atoms with van der Waals surface area (Å²) in [7, 11) is -3.14. The zero-order chi connectivity index (χ0) is 22.5. The largest absolute Gasteiger partial charge is 0.486 e. The van der Waals surface area contributed by atoms with Gasteiger partial charge >= 0.3 is 0 Å². The van der Waals surface area contributed by atoms with Crippen LogP contribution in [0.3, 0.4) is 0 Å². The van der Waals surface area contributed by atoms with Crippen molar-refractivity contribution in [2.45, 2.75) is 50.7 Å². The lowest BCUT2D eigenvalue weighted by Gasteiger charge is -2.33. The first-order chi connectivity index (χ1) is 15.3. The Morgan fingerprint density at radius 1 is 1.22 bits per heavy atom. The van der Waals surface area contributed by atoms with Crippen molar-refractivity contribution in [3.8, 4) is 5.75 Å². The van der Waals surface area contributed by atoms with Gasteiger partial charge in [-0.1, -0.05) is 24.3 Å². The molecule has 0 spiro atoms. The molecule has 8 heteroatoms. The average molecular weight is 459 g/mol. The number of benzene rings is 1. The van der Waals surface area contributed by atoms with Gasteiger partial charge in [-0.15, -0.1) is 0 Å². The van der Waals surface area contributed by atoms with Crippen LogP contribution in [0.5, 0.6) is 5.75 Å². The first kappa shape index (κ1) is 21.7. The van der Waals surface area contributed by atoms with Gasteiger partial charge in [-0.2, -0.15) is 0 Å². The second-order valence-corrected chi connectivity index (χ2v) is 11.4. The first-order valence-corrected chi connectivity index (χ1v) is 13.2. The van der Waals surface area contributed by atoms with Crippen LogP contribution >= 0.6 is 0 Å². The molecule has 0 N–H and O–H groups in total. The topological polar surface area (TPSA) is 80.1 Å². The molecule has 3 atom stereocenters. The predicted molar refractivity (Wildman–Crippen MR) is 121 cm³/mol. The van der Waals surface area contributed by atoms with E-state index < -0.39 is 10.0 Å². The van der Waals surface area contributed by atoms with Crippen molar-refractivity contribution in [2.75, 3.05) is 26.0 Å². The molecular formula is C24H30N2O5S. The molecule has 1 aromatic carbocycles. The summed E-state index contributed by atoms with van der Waals surface area (Å²) < 4.78 is 36.4. The van der Waals surface area contributed by atoms with Crippen LogP contribution in [0, 0.1) is 5.92 Å². The van der Waals surface area contributed by atoms with E-state index in [0.717, 1.165) is 25.8 Å². The Morgan fingerprint density at radius 3 is 2.69 bits per heavy atom. The normalized spacial score (nSPS) is 25.1. The molecule has 1 aliphatic carbocycles. The number of sulfonamides is 1. The summed E-state index contributed by atoms with van der Waals surface area (Å²) in [6.45, 7) is 4.35. The minimum atomic E-state index is -3.14. The maximum Gasteiger partial charge on any atom is 0.227 e. The van der Waals surface area contributed by atoms with Crippen LogP contribution in [0.2, 0.25) is 0 Å². The lowest BCUT2D eigenvalue weighted by Crippen LogP contribution is -2.39. The summed E-state index contributed by atoms with van der Waals surface area (Å²) in [5, 5.41) is 0. The molecule has 0 bridgehead atoms. The van der Waals surface area contributed by atoms with Gasteiger partial charge in [-0.3, -0.25) is 9.69 Å². The molecule has 1 saturated carbocycles. The SMILES string of the molecule is C[C@H](c1cc(=O)c(OCC2CCN(S(C)(=O)=O)CC2)co1)N1Cc2ccccc2[C@H]2C[C@H]21. The van der Waals surface area contributed by atoms with Crippen molar-refractivity contribution in [3.05, 3.63) is 63.7 Å². The van der Waals surface area contributed by atoms with Crippen LogP contribution in [0.4, 0.5) is 0 Å². The molecule has 7 nitrogen and oxygen atoms in total. The van der Waals surface area contributed by atoms with E-state index in [4.69, 9.17) is 9.15 Å². The van der Waals surface area contributed by atoms with Crippen LogP contribution in [-0.2, 0) is 16.6 Å². The lowest BCUT2D eigenvalue weighted by atomic mass is 9.98. The van der Waals surface area contributed by atoms with E-state index in [2.05, 4.69) is 36.1 Å². The van der Waals surface area contributed by atoms with Gasteiger partial charge in [0.25, 0.3) is 0 Å².